The number of anilines is 1. The van der Waals surface area contributed by atoms with Gasteiger partial charge >= 0.3 is 0 Å². The van der Waals surface area contributed by atoms with Crippen LogP contribution in [-0.4, -0.2) is 51.1 Å². The van der Waals surface area contributed by atoms with Crippen LogP contribution >= 0.6 is 0 Å². The zero-order valence-electron chi connectivity index (χ0n) is 16.6. The van der Waals surface area contributed by atoms with E-state index in [1.165, 1.54) is 0 Å². The average Bonchev–Trinajstić information content (AvgIpc) is 2.77. The molecule has 148 valence electrons. The molecule has 6 nitrogen and oxygen atoms in total. The Labute approximate surface area is 165 Å². The highest BCUT2D eigenvalue weighted by Gasteiger charge is 2.30. The van der Waals surface area contributed by atoms with Gasteiger partial charge in [0, 0.05) is 37.3 Å². The van der Waals surface area contributed by atoms with Gasteiger partial charge in [-0.1, -0.05) is 18.2 Å². The van der Waals surface area contributed by atoms with Gasteiger partial charge in [-0.25, -0.2) is 0 Å². The lowest BCUT2D eigenvalue weighted by atomic mass is 9.94. The fourth-order valence-electron chi connectivity index (χ4n) is 3.53. The normalized spacial score (nSPS) is 14.5. The van der Waals surface area contributed by atoms with Crippen molar-refractivity contribution in [3.05, 3.63) is 54.1 Å². The van der Waals surface area contributed by atoms with Crippen LogP contribution in [0, 0.1) is 5.92 Å². The number of carbonyl (C=O) groups excluding carboxylic acids is 2. The number of amides is 2. The van der Waals surface area contributed by atoms with Gasteiger partial charge < -0.3 is 19.3 Å². The summed E-state index contributed by atoms with van der Waals surface area (Å²) < 4.78 is 10.5. The van der Waals surface area contributed by atoms with Gasteiger partial charge in [-0.15, -0.1) is 0 Å². The first kappa shape index (κ1) is 19.7. The summed E-state index contributed by atoms with van der Waals surface area (Å²) in [6.45, 7) is 1.12. The topological polar surface area (TPSA) is 59.1 Å². The molecule has 0 aliphatic carbocycles. The molecule has 1 heterocycles. The molecular weight excluding hydrogens is 356 g/mol. The summed E-state index contributed by atoms with van der Waals surface area (Å²) in [5.41, 5.74) is 1.44. The molecule has 1 fully saturated rings. The SMILES string of the molecule is COc1ccc(C(=O)N2CCC(C(=O)N(C)c3ccccc3)CC2)cc1OC. The molecule has 1 aliphatic rings. The number of hydrogen-bond donors (Lipinski definition) is 0. The predicted molar refractivity (Wildman–Crippen MR) is 108 cm³/mol. The van der Waals surface area contributed by atoms with E-state index in [0.717, 1.165) is 5.69 Å². The second-order valence-electron chi connectivity index (χ2n) is 6.87. The van der Waals surface area contributed by atoms with E-state index in [-0.39, 0.29) is 17.7 Å². The maximum atomic E-state index is 12.8. The van der Waals surface area contributed by atoms with Crippen molar-refractivity contribution in [1.82, 2.24) is 4.90 Å². The van der Waals surface area contributed by atoms with Crippen LogP contribution in [0.3, 0.4) is 0 Å². The third kappa shape index (κ3) is 4.11. The summed E-state index contributed by atoms with van der Waals surface area (Å²) in [6, 6.07) is 14.8. The Morgan fingerprint density at radius 3 is 2.21 bits per heavy atom. The third-order valence-electron chi connectivity index (χ3n) is 5.24. The first-order valence-corrected chi connectivity index (χ1v) is 9.39. The van der Waals surface area contributed by atoms with Crippen LogP contribution in [0.15, 0.2) is 48.5 Å². The predicted octanol–water partition coefficient (Wildman–Crippen LogP) is 3.22. The maximum Gasteiger partial charge on any atom is 0.253 e. The van der Waals surface area contributed by atoms with E-state index < -0.39 is 0 Å². The Morgan fingerprint density at radius 2 is 1.61 bits per heavy atom. The maximum absolute atomic E-state index is 12.8. The molecule has 0 saturated carbocycles. The molecule has 0 radical (unpaired) electrons. The lowest BCUT2D eigenvalue weighted by molar-refractivity contribution is -0.123. The zero-order valence-corrected chi connectivity index (χ0v) is 16.6. The van der Waals surface area contributed by atoms with Crippen molar-refractivity contribution in [2.45, 2.75) is 12.8 Å². The van der Waals surface area contributed by atoms with Crippen molar-refractivity contribution >= 4 is 17.5 Å². The molecule has 6 heteroatoms. The number of piperidine rings is 1. The Balaban J connectivity index is 1.62. The number of likely N-dealkylation sites (tertiary alicyclic amines) is 1. The number of nitrogens with zero attached hydrogens (tertiary/aromatic N) is 2. The molecule has 2 aromatic carbocycles. The monoisotopic (exact) mass is 382 g/mol. The minimum atomic E-state index is -0.0698. The molecule has 0 spiro atoms. The molecule has 0 bridgehead atoms. The van der Waals surface area contributed by atoms with Crippen LogP contribution in [0.1, 0.15) is 23.2 Å². The molecule has 1 aliphatic heterocycles. The zero-order chi connectivity index (χ0) is 20.1. The second kappa shape index (κ2) is 8.78. The highest BCUT2D eigenvalue weighted by atomic mass is 16.5. The van der Waals surface area contributed by atoms with Gasteiger partial charge in [-0.3, -0.25) is 9.59 Å². The van der Waals surface area contributed by atoms with Crippen LogP contribution in [0.4, 0.5) is 5.69 Å². The van der Waals surface area contributed by atoms with Gasteiger partial charge in [0.1, 0.15) is 0 Å². The molecule has 0 N–H and O–H groups in total. The Bertz CT molecular complexity index is 830. The average molecular weight is 382 g/mol. The number of carbonyl (C=O) groups is 2. The van der Waals surface area contributed by atoms with E-state index >= 15 is 0 Å². The van der Waals surface area contributed by atoms with Crippen molar-refractivity contribution in [2.24, 2.45) is 5.92 Å². The van der Waals surface area contributed by atoms with Crippen molar-refractivity contribution in [1.29, 1.82) is 0 Å². The lowest BCUT2D eigenvalue weighted by Crippen LogP contribution is -2.43. The number of rotatable bonds is 5. The molecular formula is C22H26N2O4. The molecule has 3 rings (SSSR count). The summed E-state index contributed by atoms with van der Waals surface area (Å²) in [4.78, 5) is 29.1. The summed E-state index contributed by atoms with van der Waals surface area (Å²) in [5, 5.41) is 0. The van der Waals surface area contributed by atoms with Crippen LogP contribution in [0.2, 0.25) is 0 Å². The largest absolute Gasteiger partial charge is 0.493 e. The van der Waals surface area contributed by atoms with Crippen LogP contribution < -0.4 is 14.4 Å². The van der Waals surface area contributed by atoms with Crippen molar-refractivity contribution < 1.29 is 19.1 Å². The van der Waals surface area contributed by atoms with Gasteiger partial charge in [0.2, 0.25) is 5.91 Å². The third-order valence-corrected chi connectivity index (χ3v) is 5.24. The minimum absolute atomic E-state index is 0.0525. The fourth-order valence-corrected chi connectivity index (χ4v) is 3.53. The molecule has 1 saturated heterocycles. The summed E-state index contributed by atoms with van der Waals surface area (Å²) in [5.74, 6) is 1.10. The van der Waals surface area contributed by atoms with Gasteiger partial charge in [0.05, 0.1) is 14.2 Å². The minimum Gasteiger partial charge on any atom is -0.493 e. The quantitative estimate of drug-likeness (QED) is 0.797. The van der Waals surface area contributed by atoms with Gasteiger partial charge in [0.15, 0.2) is 11.5 Å². The van der Waals surface area contributed by atoms with Gasteiger partial charge in [0.25, 0.3) is 5.91 Å². The van der Waals surface area contributed by atoms with Crippen molar-refractivity contribution in [2.75, 3.05) is 39.3 Å². The second-order valence-corrected chi connectivity index (χ2v) is 6.87. The highest BCUT2D eigenvalue weighted by molar-refractivity contribution is 5.96. The van der Waals surface area contributed by atoms with Gasteiger partial charge in [-0.05, 0) is 43.2 Å². The van der Waals surface area contributed by atoms with E-state index in [0.29, 0.717) is 43.0 Å². The summed E-state index contributed by atoms with van der Waals surface area (Å²) >= 11 is 0. The Kier molecular flexibility index (Phi) is 6.19. The number of methoxy groups -OCH3 is 2. The van der Waals surface area contributed by atoms with E-state index in [1.807, 2.05) is 30.3 Å². The first-order valence-electron chi connectivity index (χ1n) is 9.39. The fraction of sp³-hybridized carbons (Fsp3) is 0.364. The molecule has 0 atom stereocenters. The number of para-hydroxylation sites is 1. The van der Waals surface area contributed by atoms with Crippen molar-refractivity contribution in [3.63, 3.8) is 0 Å². The van der Waals surface area contributed by atoms with Gasteiger partial charge in [-0.2, -0.15) is 0 Å². The van der Waals surface area contributed by atoms with E-state index in [9.17, 15) is 9.59 Å². The number of ether oxygens (including phenoxy) is 2. The molecule has 2 aromatic rings. The van der Waals surface area contributed by atoms with E-state index in [4.69, 9.17) is 9.47 Å². The molecule has 0 aromatic heterocycles. The number of benzene rings is 2. The van der Waals surface area contributed by atoms with Crippen LogP contribution in [0.5, 0.6) is 11.5 Å². The summed E-state index contributed by atoms with van der Waals surface area (Å²) in [6.07, 6.45) is 1.32. The highest BCUT2D eigenvalue weighted by Crippen LogP contribution is 2.29. The smallest absolute Gasteiger partial charge is 0.253 e. The van der Waals surface area contributed by atoms with Crippen molar-refractivity contribution in [3.8, 4) is 11.5 Å². The van der Waals surface area contributed by atoms with Crippen LogP contribution in [0.25, 0.3) is 0 Å². The lowest BCUT2D eigenvalue weighted by Gasteiger charge is -2.33. The number of hydrogen-bond acceptors (Lipinski definition) is 4. The van der Waals surface area contributed by atoms with Crippen LogP contribution in [-0.2, 0) is 4.79 Å². The standard InChI is InChI=1S/C22H26N2O4/c1-23(18-7-5-4-6-8-18)21(25)16-11-13-24(14-12-16)22(26)17-9-10-19(27-2)20(15-17)28-3/h4-10,15-16H,11-14H2,1-3H3. The van der Waals surface area contributed by atoms with E-state index in [2.05, 4.69) is 0 Å². The molecule has 28 heavy (non-hydrogen) atoms. The molecule has 0 unspecified atom stereocenters. The first-order chi connectivity index (χ1) is 13.5. The summed E-state index contributed by atoms with van der Waals surface area (Å²) in [7, 11) is 4.92. The van der Waals surface area contributed by atoms with E-state index in [1.54, 1.807) is 49.3 Å². The Hall–Kier alpha value is -3.02. The Morgan fingerprint density at radius 1 is 0.964 bits per heavy atom. The molecule has 2 amide bonds.